The molecule has 1 nitrogen and oxygen atoms in total. The van der Waals surface area contributed by atoms with Crippen molar-refractivity contribution in [2.75, 3.05) is 6.54 Å². The highest BCUT2D eigenvalue weighted by Gasteiger charge is 1.87. The average Bonchev–Trinajstić information content (AvgIpc) is 1.86. The number of allylic oxidation sites excluding steroid dienone is 1. The predicted molar refractivity (Wildman–Crippen MR) is 27.1 cm³/mol. The maximum atomic E-state index is 3.95. The van der Waals surface area contributed by atoms with Crippen LogP contribution in [0.3, 0.4) is 0 Å². The van der Waals surface area contributed by atoms with Gasteiger partial charge in [0.05, 0.1) is 6.54 Å². The van der Waals surface area contributed by atoms with E-state index in [9.17, 15) is 0 Å². The van der Waals surface area contributed by atoms with Crippen molar-refractivity contribution in [2.45, 2.75) is 6.92 Å². The lowest BCUT2D eigenvalue weighted by molar-refractivity contribution is 1.18. The first-order chi connectivity index (χ1) is 2.89. The number of hydrogen-bond acceptors (Lipinski definition) is 1. The third-order valence-electron chi connectivity index (χ3n) is 0.805. The van der Waals surface area contributed by atoms with E-state index in [1.165, 1.54) is 5.57 Å². The van der Waals surface area contributed by atoms with Crippen LogP contribution >= 0.6 is 0 Å². The van der Waals surface area contributed by atoms with Crippen LogP contribution in [0, 0.1) is 0 Å². The minimum atomic E-state index is 0.917. The Morgan fingerprint density at radius 3 is 2.83 bits per heavy atom. The van der Waals surface area contributed by atoms with Gasteiger partial charge in [0.1, 0.15) is 0 Å². The second-order valence-electron chi connectivity index (χ2n) is 1.50. The van der Waals surface area contributed by atoms with Gasteiger partial charge in [-0.2, -0.15) is 0 Å². The smallest absolute Gasteiger partial charge is 0.0600 e. The van der Waals surface area contributed by atoms with Crippen molar-refractivity contribution in [1.82, 2.24) is 0 Å². The Bertz CT molecular complexity index is 101. The fraction of sp³-hybridized carbons (Fsp3) is 0.400. The Morgan fingerprint density at radius 1 is 1.83 bits per heavy atom. The molecule has 0 aromatic carbocycles. The lowest BCUT2D eigenvalue weighted by Crippen LogP contribution is -1.70. The molecule has 1 heterocycles. The molecule has 0 radical (unpaired) electrons. The Hall–Kier alpha value is -0.590. The molecule has 1 aliphatic rings. The van der Waals surface area contributed by atoms with Crippen LogP contribution in [0.2, 0.25) is 0 Å². The second-order valence-corrected chi connectivity index (χ2v) is 1.50. The van der Waals surface area contributed by atoms with E-state index >= 15 is 0 Å². The monoisotopic (exact) mass is 81.1 g/mol. The molecule has 0 aromatic rings. The molecule has 32 valence electrons. The normalized spacial score (nSPS) is 18.5. The maximum Gasteiger partial charge on any atom is 0.0600 e. The molecule has 0 unspecified atom stereocenters. The Kier molecular flexibility index (Phi) is 0.748. The number of hydrogen-bond donors (Lipinski definition) is 0. The summed E-state index contributed by atoms with van der Waals surface area (Å²) in [5.41, 5.74) is 1.36. The summed E-state index contributed by atoms with van der Waals surface area (Å²) in [5, 5.41) is 0. The van der Waals surface area contributed by atoms with Crippen molar-refractivity contribution in [2.24, 2.45) is 4.99 Å². The summed E-state index contributed by atoms with van der Waals surface area (Å²) in [7, 11) is 0. The molecule has 0 aromatic heterocycles. The number of nitrogens with zero attached hydrogens (tertiary/aromatic N) is 1. The SMILES string of the molecule is CC1=CC=NC1. The van der Waals surface area contributed by atoms with Crippen molar-refractivity contribution in [3.63, 3.8) is 0 Å². The van der Waals surface area contributed by atoms with Crippen LogP contribution in [-0.2, 0) is 0 Å². The highest BCUT2D eigenvalue weighted by Crippen LogP contribution is 1.95. The van der Waals surface area contributed by atoms with Gasteiger partial charge < -0.3 is 0 Å². The molecule has 0 bridgehead atoms. The number of rotatable bonds is 0. The first-order valence-corrected chi connectivity index (χ1v) is 2.05. The molecule has 1 heteroatoms. The Morgan fingerprint density at radius 2 is 2.67 bits per heavy atom. The summed E-state index contributed by atoms with van der Waals surface area (Å²) in [4.78, 5) is 3.95. The van der Waals surface area contributed by atoms with Crippen molar-refractivity contribution in [3.05, 3.63) is 11.6 Å². The van der Waals surface area contributed by atoms with E-state index in [0.717, 1.165) is 6.54 Å². The summed E-state index contributed by atoms with van der Waals surface area (Å²) < 4.78 is 0. The number of aliphatic imine (C=N–C) groups is 1. The van der Waals surface area contributed by atoms with Gasteiger partial charge in [-0.3, -0.25) is 4.99 Å². The Balaban J connectivity index is 2.61. The lowest BCUT2D eigenvalue weighted by Gasteiger charge is -1.77. The zero-order valence-electron chi connectivity index (χ0n) is 3.81. The van der Waals surface area contributed by atoms with Gasteiger partial charge in [-0.15, -0.1) is 0 Å². The summed E-state index contributed by atoms with van der Waals surface area (Å²) >= 11 is 0. The molecule has 0 saturated carbocycles. The predicted octanol–water partition coefficient (Wildman–Crippen LogP) is 1.02. The molecule has 1 aliphatic heterocycles. The van der Waals surface area contributed by atoms with Gasteiger partial charge in [0.15, 0.2) is 0 Å². The maximum absolute atomic E-state index is 3.95. The summed E-state index contributed by atoms with van der Waals surface area (Å²) in [6.07, 6.45) is 3.87. The summed E-state index contributed by atoms with van der Waals surface area (Å²) in [6, 6.07) is 0. The first-order valence-electron chi connectivity index (χ1n) is 2.05. The summed E-state index contributed by atoms with van der Waals surface area (Å²) in [5.74, 6) is 0. The zero-order valence-corrected chi connectivity index (χ0v) is 3.81. The first kappa shape index (κ1) is 3.59. The lowest BCUT2D eigenvalue weighted by atomic mass is 10.3. The van der Waals surface area contributed by atoms with Crippen LogP contribution in [0.4, 0.5) is 0 Å². The topological polar surface area (TPSA) is 12.4 Å². The van der Waals surface area contributed by atoms with Gasteiger partial charge in [0, 0.05) is 6.21 Å². The zero-order chi connectivity index (χ0) is 4.41. The van der Waals surface area contributed by atoms with Gasteiger partial charge in [0.2, 0.25) is 0 Å². The second kappa shape index (κ2) is 1.25. The van der Waals surface area contributed by atoms with Gasteiger partial charge in [0.25, 0.3) is 0 Å². The molecule has 0 aliphatic carbocycles. The largest absolute Gasteiger partial charge is 0.289 e. The van der Waals surface area contributed by atoms with Gasteiger partial charge >= 0.3 is 0 Å². The fourth-order valence-corrected chi connectivity index (χ4v) is 0.429. The van der Waals surface area contributed by atoms with Crippen molar-refractivity contribution in [1.29, 1.82) is 0 Å². The van der Waals surface area contributed by atoms with E-state index in [2.05, 4.69) is 11.9 Å². The molecular formula is C5H7N. The molecular weight excluding hydrogens is 74.1 g/mol. The quantitative estimate of drug-likeness (QED) is 0.413. The van der Waals surface area contributed by atoms with E-state index in [1.54, 1.807) is 0 Å². The molecule has 0 spiro atoms. The molecule has 0 fully saturated rings. The van der Waals surface area contributed by atoms with Crippen LogP contribution in [-0.4, -0.2) is 12.8 Å². The standard InChI is InChI=1S/C5H7N/c1-5-2-3-6-4-5/h2-3H,4H2,1H3. The van der Waals surface area contributed by atoms with Crippen LogP contribution in [0.1, 0.15) is 6.92 Å². The van der Waals surface area contributed by atoms with Crippen LogP contribution in [0.15, 0.2) is 16.6 Å². The minimum Gasteiger partial charge on any atom is -0.289 e. The van der Waals surface area contributed by atoms with E-state index in [4.69, 9.17) is 0 Å². The van der Waals surface area contributed by atoms with Crippen LogP contribution in [0.5, 0.6) is 0 Å². The summed E-state index contributed by atoms with van der Waals surface area (Å²) in [6.45, 7) is 2.99. The van der Waals surface area contributed by atoms with E-state index in [-0.39, 0.29) is 0 Å². The highest BCUT2D eigenvalue weighted by atomic mass is 14.7. The van der Waals surface area contributed by atoms with Gasteiger partial charge in [-0.25, -0.2) is 0 Å². The van der Waals surface area contributed by atoms with Crippen molar-refractivity contribution in [3.8, 4) is 0 Å². The highest BCUT2D eigenvalue weighted by molar-refractivity contribution is 5.74. The molecule has 0 N–H and O–H groups in total. The average molecular weight is 81.1 g/mol. The van der Waals surface area contributed by atoms with E-state index in [1.807, 2.05) is 12.3 Å². The molecule has 0 saturated heterocycles. The molecule has 0 amide bonds. The van der Waals surface area contributed by atoms with Crippen LogP contribution in [0.25, 0.3) is 0 Å². The van der Waals surface area contributed by atoms with Gasteiger partial charge in [-0.05, 0) is 13.0 Å². The third kappa shape index (κ3) is 0.482. The van der Waals surface area contributed by atoms with Crippen molar-refractivity contribution < 1.29 is 0 Å². The van der Waals surface area contributed by atoms with Crippen molar-refractivity contribution >= 4 is 6.21 Å². The molecule has 0 atom stereocenters. The molecule has 1 rings (SSSR count). The van der Waals surface area contributed by atoms with E-state index in [0.29, 0.717) is 0 Å². The Labute approximate surface area is 37.4 Å². The fourth-order valence-electron chi connectivity index (χ4n) is 0.429. The molecule has 6 heavy (non-hydrogen) atoms. The van der Waals surface area contributed by atoms with Crippen LogP contribution < -0.4 is 0 Å². The minimum absolute atomic E-state index is 0.917. The third-order valence-corrected chi connectivity index (χ3v) is 0.805. The van der Waals surface area contributed by atoms with E-state index < -0.39 is 0 Å². The van der Waals surface area contributed by atoms with Gasteiger partial charge in [-0.1, -0.05) is 5.57 Å².